The molecule has 2 aromatic rings. The van der Waals surface area contributed by atoms with E-state index in [-0.39, 0.29) is 17.4 Å². The molecular weight excluding hydrogens is 324 g/mol. The second-order valence-electron chi connectivity index (χ2n) is 6.39. The Bertz CT molecular complexity index is 721. The second-order valence-corrected chi connectivity index (χ2v) is 6.39. The molecule has 1 aliphatic rings. The lowest BCUT2D eigenvalue weighted by Crippen LogP contribution is -2.41. The number of hydrogen-bond acceptors (Lipinski definition) is 2. The molecule has 0 saturated carbocycles. The lowest BCUT2D eigenvalue weighted by atomic mass is 9.98. The number of hydrogen-bond donors (Lipinski definition) is 0. The van der Waals surface area contributed by atoms with Gasteiger partial charge in [0.1, 0.15) is 0 Å². The number of ether oxygens (including phenoxy) is 1. The summed E-state index contributed by atoms with van der Waals surface area (Å²) >= 11 is 0. The third-order valence-corrected chi connectivity index (χ3v) is 4.44. The molecule has 1 amide bonds. The SMILES string of the molecule is O=C(c1ccc(F)c(F)c1)N1CCC[C@@H](COCc2ccccc2)C1. The first-order valence-electron chi connectivity index (χ1n) is 8.49. The molecule has 5 heteroatoms. The first-order chi connectivity index (χ1) is 12.1. The van der Waals surface area contributed by atoms with Crippen LogP contribution in [0.1, 0.15) is 28.8 Å². The Morgan fingerprint density at radius 3 is 2.68 bits per heavy atom. The average molecular weight is 345 g/mol. The van der Waals surface area contributed by atoms with Gasteiger partial charge in [-0.2, -0.15) is 0 Å². The van der Waals surface area contributed by atoms with Crippen LogP contribution >= 0.6 is 0 Å². The predicted molar refractivity (Wildman–Crippen MR) is 91.1 cm³/mol. The van der Waals surface area contributed by atoms with E-state index in [1.54, 1.807) is 4.90 Å². The van der Waals surface area contributed by atoms with E-state index in [0.29, 0.717) is 26.3 Å². The van der Waals surface area contributed by atoms with Crippen molar-refractivity contribution in [2.45, 2.75) is 19.4 Å². The summed E-state index contributed by atoms with van der Waals surface area (Å²) in [5.41, 5.74) is 1.30. The van der Waals surface area contributed by atoms with Crippen molar-refractivity contribution in [1.82, 2.24) is 4.90 Å². The fourth-order valence-electron chi connectivity index (χ4n) is 3.11. The zero-order valence-corrected chi connectivity index (χ0v) is 14.0. The third-order valence-electron chi connectivity index (χ3n) is 4.44. The normalized spacial score (nSPS) is 17.5. The largest absolute Gasteiger partial charge is 0.376 e. The molecule has 0 N–H and O–H groups in total. The summed E-state index contributed by atoms with van der Waals surface area (Å²) < 4.78 is 32.2. The van der Waals surface area contributed by atoms with E-state index in [9.17, 15) is 13.6 Å². The van der Waals surface area contributed by atoms with Crippen LogP contribution in [-0.2, 0) is 11.3 Å². The standard InChI is InChI=1S/C20H21F2NO2/c21-18-9-8-17(11-19(18)22)20(24)23-10-4-7-16(12-23)14-25-13-15-5-2-1-3-6-15/h1-3,5-6,8-9,11,16H,4,7,10,12-14H2/t16-/m1/s1. The fourth-order valence-corrected chi connectivity index (χ4v) is 3.11. The van der Waals surface area contributed by atoms with Crippen molar-refractivity contribution in [3.05, 3.63) is 71.3 Å². The van der Waals surface area contributed by atoms with Gasteiger partial charge in [0.05, 0.1) is 13.2 Å². The number of amides is 1. The van der Waals surface area contributed by atoms with E-state index in [1.807, 2.05) is 30.3 Å². The van der Waals surface area contributed by atoms with E-state index in [2.05, 4.69) is 0 Å². The molecule has 0 aromatic heterocycles. The topological polar surface area (TPSA) is 29.5 Å². The Morgan fingerprint density at radius 2 is 1.92 bits per heavy atom. The molecule has 0 aliphatic carbocycles. The van der Waals surface area contributed by atoms with Crippen molar-refractivity contribution in [2.24, 2.45) is 5.92 Å². The molecule has 1 fully saturated rings. The number of likely N-dealkylation sites (tertiary alicyclic amines) is 1. The van der Waals surface area contributed by atoms with Gasteiger partial charge >= 0.3 is 0 Å². The number of rotatable bonds is 5. The molecule has 0 radical (unpaired) electrons. The number of carbonyl (C=O) groups excluding carboxylic acids is 1. The minimum Gasteiger partial charge on any atom is -0.376 e. The van der Waals surface area contributed by atoms with Crippen molar-refractivity contribution < 1.29 is 18.3 Å². The highest BCUT2D eigenvalue weighted by molar-refractivity contribution is 5.94. The van der Waals surface area contributed by atoms with Gasteiger partial charge in [-0.15, -0.1) is 0 Å². The van der Waals surface area contributed by atoms with Gasteiger partial charge in [0.2, 0.25) is 0 Å². The Labute approximate surface area is 146 Å². The molecule has 3 rings (SSSR count). The summed E-state index contributed by atoms with van der Waals surface area (Å²) in [6, 6.07) is 13.2. The smallest absolute Gasteiger partial charge is 0.253 e. The summed E-state index contributed by atoms with van der Waals surface area (Å²) in [4.78, 5) is 14.2. The minimum absolute atomic E-state index is 0.185. The summed E-state index contributed by atoms with van der Waals surface area (Å²) in [5, 5.41) is 0. The number of carbonyl (C=O) groups is 1. The Balaban J connectivity index is 1.53. The molecule has 1 saturated heterocycles. The van der Waals surface area contributed by atoms with E-state index in [0.717, 1.165) is 30.5 Å². The van der Waals surface area contributed by atoms with Crippen molar-refractivity contribution in [2.75, 3.05) is 19.7 Å². The van der Waals surface area contributed by atoms with Gasteiger partial charge in [-0.3, -0.25) is 4.79 Å². The van der Waals surface area contributed by atoms with Gasteiger partial charge in [-0.05, 0) is 42.5 Å². The van der Waals surface area contributed by atoms with Crippen LogP contribution in [-0.4, -0.2) is 30.5 Å². The van der Waals surface area contributed by atoms with Crippen LogP contribution in [0, 0.1) is 17.6 Å². The number of halogens is 2. The maximum atomic E-state index is 13.3. The highest BCUT2D eigenvalue weighted by Gasteiger charge is 2.25. The van der Waals surface area contributed by atoms with Crippen LogP contribution in [0.5, 0.6) is 0 Å². The monoisotopic (exact) mass is 345 g/mol. The first-order valence-corrected chi connectivity index (χ1v) is 8.49. The Kier molecular flexibility index (Phi) is 5.76. The average Bonchev–Trinajstić information content (AvgIpc) is 2.64. The van der Waals surface area contributed by atoms with Gasteiger partial charge in [-0.25, -0.2) is 8.78 Å². The molecule has 25 heavy (non-hydrogen) atoms. The molecule has 1 aliphatic heterocycles. The highest BCUT2D eigenvalue weighted by atomic mass is 19.2. The maximum absolute atomic E-state index is 13.3. The van der Waals surface area contributed by atoms with Gasteiger partial charge in [0, 0.05) is 18.7 Å². The van der Waals surface area contributed by atoms with Crippen molar-refractivity contribution >= 4 is 5.91 Å². The van der Waals surface area contributed by atoms with Crippen molar-refractivity contribution in [1.29, 1.82) is 0 Å². The van der Waals surface area contributed by atoms with E-state index in [1.165, 1.54) is 6.07 Å². The molecule has 1 heterocycles. The first kappa shape index (κ1) is 17.5. The Hall–Kier alpha value is -2.27. The molecule has 2 aromatic carbocycles. The maximum Gasteiger partial charge on any atom is 0.253 e. The fraction of sp³-hybridized carbons (Fsp3) is 0.350. The Morgan fingerprint density at radius 1 is 1.12 bits per heavy atom. The van der Waals surface area contributed by atoms with Gasteiger partial charge in [-0.1, -0.05) is 30.3 Å². The molecule has 0 unspecified atom stereocenters. The molecule has 132 valence electrons. The minimum atomic E-state index is -0.995. The van der Waals surface area contributed by atoms with Crippen LogP contribution in [0.15, 0.2) is 48.5 Å². The number of benzene rings is 2. The number of piperidine rings is 1. The molecule has 0 spiro atoms. The van der Waals surface area contributed by atoms with Gasteiger partial charge in [0.15, 0.2) is 11.6 Å². The van der Waals surface area contributed by atoms with Crippen LogP contribution in [0.3, 0.4) is 0 Å². The zero-order valence-electron chi connectivity index (χ0n) is 14.0. The molecule has 0 bridgehead atoms. The summed E-state index contributed by atoms with van der Waals surface area (Å²) in [7, 11) is 0. The predicted octanol–water partition coefficient (Wildman–Crippen LogP) is 4.03. The van der Waals surface area contributed by atoms with Crippen LogP contribution in [0.25, 0.3) is 0 Å². The van der Waals surface area contributed by atoms with E-state index < -0.39 is 11.6 Å². The molecule has 1 atom stereocenters. The lowest BCUT2D eigenvalue weighted by Gasteiger charge is -2.32. The second kappa shape index (κ2) is 8.21. The molecular formula is C20H21F2NO2. The molecule has 3 nitrogen and oxygen atoms in total. The van der Waals surface area contributed by atoms with Crippen LogP contribution in [0.4, 0.5) is 8.78 Å². The summed E-state index contributed by atoms with van der Waals surface area (Å²) in [6.45, 7) is 2.34. The zero-order chi connectivity index (χ0) is 17.6. The van der Waals surface area contributed by atoms with Gasteiger partial charge < -0.3 is 9.64 Å². The van der Waals surface area contributed by atoms with Crippen molar-refractivity contribution in [3.8, 4) is 0 Å². The van der Waals surface area contributed by atoms with Crippen molar-refractivity contribution in [3.63, 3.8) is 0 Å². The summed E-state index contributed by atoms with van der Waals surface area (Å²) in [6.07, 6.45) is 1.88. The van der Waals surface area contributed by atoms with E-state index >= 15 is 0 Å². The van der Waals surface area contributed by atoms with Crippen LogP contribution in [0.2, 0.25) is 0 Å². The third kappa shape index (κ3) is 4.63. The quantitative estimate of drug-likeness (QED) is 0.819. The van der Waals surface area contributed by atoms with Gasteiger partial charge in [0.25, 0.3) is 5.91 Å². The van der Waals surface area contributed by atoms with E-state index in [4.69, 9.17) is 4.74 Å². The number of nitrogens with zero attached hydrogens (tertiary/aromatic N) is 1. The summed E-state index contributed by atoms with van der Waals surface area (Å²) in [5.74, 6) is -1.94. The van der Waals surface area contributed by atoms with Crippen LogP contribution < -0.4 is 0 Å². The highest BCUT2D eigenvalue weighted by Crippen LogP contribution is 2.20. The lowest BCUT2D eigenvalue weighted by molar-refractivity contribution is 0.0425.